The van der Waals surface area contributed by atoms with Gasteiger partial charge in [0.15, 0.2) is 0 Å². The number of nitrogens with two attached hydrogens (primary N) is 1. The summed E-state index contributed by atoms with van der Waals surface area (Å²) in [5.41, 5.74) is 6.92. The number of carbonyl (C=O) groups is 1. The molecule has 1 aromatic heterocycles. The second-order valence-electron chi connectivity index (χ2n) is 7.20. The summed E-state index contributed by atoms with van der Waals surface area (Å²) in [7, 11) is 2.17. The number of aromatic nitrogens is 1. The van der Waals surface area contributed by atoms with Crippen molar-refractivity contribution in [2.24, 2.45) is 5.73 Å². The molecule has 4 rings (SSSR count). The molecule has 0 atom stereocenters. The van der Waals surface area contributed by atoms with Gasteiger partial charge in [-0.2, -0.15) is 0 Å². The van der Waals surface area contributed by atoms with Crippen LogP contribution in [0.15, 0.2) is 54.7 Å². The van der Waals surface area contributed by atoms with Crippen LogP contribution in [0, 0.1) is 0 Å². The van der Waals surface area contributed by atoms with Crippen LogP contribution in [0.2, 0.25) is 0 Å². The number of ether oxygens (including phenoxy) is 1. The second-order valence-corrected chi connectivity index (χ2v) is 7.20. The first-order valence-electron chi connectivity index (χ1n) is 9.45. The fourth-order valence-electron chi connectivity index (χ4n) is 3.51. The fourth-order valence-corrected chi connectivity index (χ4v) is 3.51. The Morgan fingerprint density at radius 2 is 1.79 bits per heavy atom. The topological polar surface area (TPSA) is 71.7 Å². The third-order valence-corrected chi connectivity index (χ3v) is 5.20. The maximum absolute atomic E-state index is 11.2. The zero-order valence-corrected chi connectivity index (χ0v) is 16.0. The average Bonchev–Trinajstić information content (AvgIpc) is 2.72. The summed E-state index contributed by atoms with van der Waals surface area (Å²) in [5.74, 6) is 0.678. The Bertz CT molecular complexity index is 979. The van der Waals surface area contributed by atoms with Crippen molar-refractivity contribution in [2.75, 3.05) is 33.2 Å². The lowest BCUT2D eigenvalue weighted by Crippen LogP contribution is -2.43. The molecule has 28 heavy (non-hydrogen) atoms. The summed E-state index contributed by atoms with van der Waals surface area (Å²) >= 11 is 0. The van der Waals surface area contributed by atoms with Gasteiger partial charge in [-0.25, -0.2) is 4.98 Å². The van der Waals surface area contributed by atoms with E-state index in [2.05, 4.69) is 46.1 Å². The molecule has 2 N–H and O–H groups in total. The van der Waals surface area contributed by atoms with E-state index in [1.165, 1.54) is 17.1 Å². The Kier molecular flexibility index (Phi) is 5.23. The van der Waals surface area contributed by atoms with Crippen molar-refractivity contribution >= 4 is 16.7 Å². The molecule has 3 aromatic rings. The Morgan fingerprint density at radius 3 is 2.46 bits per heavy atom. The maximum atomic E-state index is 11.2. The summed E-state index contributed by atoms with van der Waals surface area (Å²) < 4.78 is 6.00. The van der Waals surface area contributed by atoms with Crippen LogP contribution in [0.1, 0.15) is 15.9 Å². The zero-order valence-electron chi connectivity index (χ0n) is 16.0. The molecule has 0 spiro atoms. The predicted molar refractivity (Wildman–Crippen MR) is 110 cm³/mol. The van der Waals surface area contributed by atoms with Crippen LogP contribution in [0.3, 0.4) is 0 Å². The van der Waals surface area contributed by atoms with Crippen molar-refractivity contribution in [1.82, 2.24) is 14.8 Å². The van der Waals surface area contributed by atoms with Gasteiger partial charge in [0.25, 0.3) is 0 Å². The number of rotatable bonds is 5. The Hall–Kier alpha value is -2.96. The van der Waals surface area contributed by atoms with E-state index in [0.717, 1.165) is 43.9 Å². The van der Waals surface area contributed by atoms with E-state index >= 15 is 0 Å². The van der Waals surface area contributed by atoms with Crippen LogP contribution < -0.4 is 10.5 Å². The van der Waals surface area contributed by atoms with Crippen molar-refractivity contribution in [3.05, 3.63) is 65.9 Å². The SMILES string of the molecule is CN1CCN(Cc2ccc(Oc3ccc(C(N)=O)cn3)c3ccccc23)CC1. The Morgan fingerprint density at radius 1 is 1.04 bits per heavy atom. The number of nitrogens with zero attached hydrogens (tertiary/aromatic N) is 3. The molecule has 0 saturated carbocycles. The van der Waals surface area contributed by atoms with Gasteiger partial charge >= 0.3 is 0 Å². The molecular formula is C22H24N4O2. The van der Waals surface area contributed by atoms with Gasteiger partial charge in [0.2, 0.25) is 11.8 Å². The van der Waals surface area contributed by atoms with Gasteiger partial charge in [-0.05, 0) is 30.1 Å². The number of hydrogen-bond acceptors (Lipinski definition) is 5. The molecule has 0 unspecified atom stereocenters. The molecule has 1 aliphatic heterocycles. The van der Waals surface area contributed by atoms with Crippen LogP contribution in [-0.4, -0.2) is 53.9 Å². The summed E-state index contributed by atoms with van der Waals surface area (Å²) in [6.45, 7) is 5.30. The van der Waals surface area contributed by atoms with Crippen molar-refractivity contribution in [3.8, 4) is 11.6 Å². The predicted octanol–water partition coefficient (Wildman–Crippen LogP) is 2.87. The fraction of sp³-hybridized carbons (Fsp3) is 0.273. The zero-order chi connectivity index (χ0) is 19.5. The summed E-state index contributed by atoms with van der Waals surface area (Å²) in [4.78, 5) is 20.2. The first kappa shape index (κ1) is 18.4. The third kappa shape index (κ3) is 3.98. The first-order valence-corrected chi connectivity index (χ1v) is 9.45. The third-order valence-electron chi connectivity index (χ3n) is 5.20. The number of primary amides is 1. The quantitative estimate of drug-likeness (QED) is 0.741. The van der Waals surface area contributed by atoms with Gasteiger partial charge in [-0.3, -0.25) is 9.69 Å². The lowest BCUT2D eigenvalue weighted by Gasteiger charge is -2.32. The molecule has 1 amide bonds. The lowest BCUT2D eigenvalue weighted by molar-refractivity contribution is 0.1000. The molecule has 6 nitrogen and oxygen atoms in total. The molecule has 1 aliphatic rings. The van der Waals surface area contributed by atoms with Crippen LogP contribution >= 0.6 is 0 Å². The Labute approximate surface area is 164 Å². The normalized spacial score (nSPS) is 15.6. The first-order chi connectivity index (χ1) is 13.6. The van der Waals surface area contributed by atoms with E-state index in [4.69, 9.17) is 10.5 Å². The van der Waals surface area contributed by atoms with Crippen molar-refractivity contribution in [1.29, 1.82) is 0 Å². The van der Waals surface area contributed by atoms with E-state index in [1.54, 1.807) is 12.1 Å². The van der Waals surface area contributed by atoms with E-state index in [0.29, 0.717) is 11.4 Å². The van der Waals surface area contributed by atoms with Gasteiger partial charge in [0.05, 0.1) is 5.56 Å². The summed E-state index contributed by atoms with van der Waals surface area (Å²) in [6, 6.07) is 15.7. The molecular weight excluding hydrogens is 352 g/mol. The minimum atomic E-state index is -0.502. The number of amides is 1. The monoisotopic (exact) mass is 376 g/mol. The molecule has 144 valence electrons. The highest BCUT2D eigenvalue weighted by Crippen LogP contribution is 2.32. The maximum Gasteiger partial charge on any atom is 0.250 e. The highest BCUT2D eigenvalue weighted by Gasteiger charge is 2.16. The van der Waals surface area contributed by atoms with Crippen LogP contribution in [0.5, 0.6) is 11.6 Å². The minimum Gasteiger partial charge on any atom is -0.438 e. The molecule has 0 aliphatic carbocycles. The number of piperazine rings is 1. The highest BCUT2D eigenvalue weighted by atomic mass is 16.5. The molecule has 0 radical (unpaired) electrons. The van der Waals surface area contributed by atoms with E-state index in [-0.39, 0.29) is 0 Å². The number of hydrogen-bond donors (Lipinski definition) is 1. The molecule has 1 saturated heterocycles. The van der Waals surface area contributed by atoms with E-state index < -0.39 is 5.91 Å². The van der Waals surface area contributed by atoms with Crippen molar-refractivity contribution in [3.63, 3.8) is 0 Å². The smallest absolute Gasteiger partial charge is 0.250 e. The van der Waals surface area contributed by atoms with Gasteiger partial charge in [-0.15, -0.1) is 0 Å². The van der Waals surface area contributed by atoms with Gasteiger partial charge < -0.3 is 15.4 Å². The number of likely N-dealkylation sites (N-methyl/N-ethyl adjacent to an activating group) is 1. The number of benzene rings is 2. The Balaban J connectivity index is 1.59. The standard InChI is InChI=1S/C22H24N4O2/c1-25-10-12-26(13-11-25)15-17-6-8-20(19-5-3-2-4-18(17)19)28-21-9-7-16(14-24-21)22(23)27/h2-9,14H,10-13,15H2,1H3,(H2,23,27). The summed E-state index contributed by atoms with van der Waals surface area (Å²) in [6.07, 6.45) is 1.43. The lowest BCUT2D eigenvalue weighted by atomic mass is 10.0. The largest absolute Gasteiger partial charge is 0.438 e. The minimum absolute atomic E-state index is 0.361. The van der Waals surface area contributed by atoms with E-state index in [9.17, 15) is 4.79 Å². The van der Waals surface area contributed by atoms with Crippen LogP contribution in [-0.2, 0) is 6.54 Å². The van der Waals surface area contributed by atoms with Crippen molar-refractivity contribution in [2.45, 2.75) is 6.54 Å². The van der Waals surface area contributed by atoms with Gasteiger partial charge in [0.1, 0.15) is 5.75 Å². The molecule has 2 heterocycles. The van der Waals surface area contributed by atoms with Crippen LogP contribution in [0.25, 0.3) is 10.8 Å². The van der Waals surface area contributed by atoms with Gasteiger partial charge in [-0.1, -0.05) is 30.3 Å². The van der Waals surface area contributed by atoms with Crippen molar-refractivity contribution < 1.29 is 9.53 Å². The van der Waals surface area contributed by atoms with Gasteiger partial charge in [0, 0.05) is 50.4 Å². The molecule has 6 heteroatoms. The molecule has 1 fully saturated rings. The number of carbonyl (C=O) groups excluding carboxylic acids is 1. The molecule has 2 aromatic carbocycles. The number of fused-ring (bicyclic) bond motifs is 1. The van der Waals surface area contributed by atoms with Crippen LogP contribution in [0.4, 0.5) is 0 Å². The number of pyridine rings is 1. The molecule has 0 bridgehead atoms. The summed E-state index contributed by atoms with van der Waals surface area (Å²) in [5, 5.41) is 2.24. The highest BCUT2D eigenvalue weighted by molar-refractivity contribution is 5.92. The van der Waals surface area contributed by atoms with E-state index in [1.807, 2.05) is 12.1 Å². The average molecular weight is 376 g/mol. The second kappa shape index (κ2) is 7.96.